The number of nitrogens with one attached hydrogen (secondary N) is 1. The van der Waals surface area contributed by atoms with Crippen LogP contribution in [0.2, 0.25) is 0 Å². The van der Waals surface area contributed by atoms with Gasteiger partial charge in [0.25, 0.3) is 0 Å². The molecule has 0 heterocycles. The number of rotatable bonds is 4. The minimum atomic E-state index is -2.16. The summed E-state index contributed by atoms with van der Waals surface area (Å²) in [6, 6.07) is 0. The number of hydrogen-bond acceptors (Lipinski definition) is 2. The molecule has 17 heavy (non-hydrogen) atoms. The topological polar surface area (TPSA) is 15.3 Å². The Labute approximate surface area is 95.0 Å². The third kappa shape index (κ3) is 2.49. The summed E-state index contributed by atoms with van der Waals surface area (Å²) >= 11 is 0. The Balaban J connectivity index is 3.24. The predicted molar refractivity (Wildman–Crippen MR) is 52.8 cm³/mol. The van der Waals surface area contributed by atoms with Crippen LogP contribution in [0.4, 0.5) is 27.6 Å². The van der Waals surface area contributed by atoms with E-state index in [0.29, 0.717) is 13.1 Å². The molecule has 0 fully saturated rings. The summed E-state index contributed by atoms with van der Waals surface area (Å²) in [5.74, 6) is -9.82. The lowest BCUT2D eigenvalue weighted by molar-refractivity contribution is 0.345. The SMILES string of the molecule is CCN(CC)Nc1c(F)c(F)c(F)c(F)c1F. The summed E-state index contributed by atoms with van der Waals surface area (Å²) in [6.45, 7) is 4.02. The van der Waals surface area contributed by atoms with E-state index < -0.39 is 34.8 Å². The second-order valence-corrected chi connectivity index (χ2v) is 3.23. The standard InChI is InChI=1S/C10H11F5N2/c1-3-17(4-2)16-10-8(14)6(12)5(11)7(13)9(10)15/h16H,3-4H2,1-2H3. The van der Waals surface area contributed by atoms with Crippen LogP contribution in [0.3, 0.4) is 0 Å². The highest BCUT2D eigenvalue weighted by Crippen LogP contribution is 2.27. The van der Waals surface area contributed by atoms with Gasteiger partial charge in [0.1, 0.15) is 5.69 Å². The first kappa shape index (κ1) is 13.7. The summed E-state index contributed by atoms with van der Waals surface area (Å²) in [5.41, 5.74) is 1.12. The maximum absolute atomic E-state index is 13.2. The molecule has 1 N–H and O–H groups in total. The molecule has 0 amide bonds. The molecule has 96 valence electrons. The maximum Gasteiger partial charge on any atom is 0.200 e. The first-order valence-corrected chi connectivity index (χ1v) is 4.97. The molecule has 0 atom stereocenters. The Morgan fingerprint density at radius 1 is 0.765 bits per heavy atom. The van der Waals surface area contributed by atoms with Crippen LogP contribution >= 0.6 is 0 Å². The molecule has 0 aliphatic rings. The fourth-order valence-corrected chi connectivity index (χ4v) is 1.24. The van der Waals surface area contributed by atoms with Crippen LogP contribution in [0.1, 0.15) is 13.8 Å². The monoisotopic (exact) mass is 254 g/mol. The molecule has 0 aliphatic heterocycles. The fraction of sp³-hybridized carbons (Fsp3) is 0.400. The van der Waals surface area contributed by atoms with Crippen LogP contribution in [0.5, 0.6) is 0 Å². The predicted octanol–water partition coefficient (Wildman–Crippen LogP) is 3.05. The molecule has 0 spiro atoms. The van der Waals surface area contributed by atoms with E-state index in [2.05, 4.69) is 5.43 Å². The van der Waals surface area contributed by atoms with Crippen LogP contribution in [0.15, 0.2) is 0 Å². The van der Waals surface area contributed by atoms with Crippen LogP contribution < -0.4 is 5.43 Å². The summed E-state index contributed by atoms with van der Waals surface area (Å²) < 4.78 is 64.9. The van der Waals surface area contributed by atoms with Crippen molar-refractivity contribution in [3.05, 3.63) is 29.1 Å². The lowest BCUT2D eigenvalue weighted by Gasteiger charge is -2.21. The van der Waals surface area contributed by atoms with Crippen molar-refractivity contribution in [1.82, 2.24) is 5.01 Å². The zero-order chi connectivity index (χ0) is 13.2. The Hall–Kier alpha value is -1.37. The van der Waals surface area contributed by atoms with Crippen molar-refractivity contribution in [2.75, 3.05) is 18.5 Å². The average Bonchev–Trinajstić information content (AvgIpc) is 2.34. The molecular formula is C10H11F5N2. The molecule has 0 unspecified atom stereocenters. The Bertz CT molecular complexity index is 389. The Morgan fingerprint density at radius 2 is 1.12 bits per heavy atom. The van der Waals surface area contributed by atoms with Crippen molar-refractivity contribution < 1.29 is 22.0 Å². The highest BCUT2D eigenvalue weighted by molar-refractivity contribution is 5.46. The fourth-order valence-electron chi connectivity index (χ4n) is 1.24. The van der Waals surface area contributed by atoms with Crippen LogP contribution in [-0.2, 0) is 0 Å². The van der Waals surface area contributed by atoms with E-state index in [9.17, 15) is 22.0 Å². The molecule has 1 rings (SSSR count). The smallest absolute Gasteiger partial charge is 0.200 e. The summed E-state index contributed by atoms with van der Waals surface area (Å²) in [7, 11) is 0. The van der Waals surface area contributed by atoms with Gasteiger partial charge in [0.2, 0.25) is 5.82 Å². The third-order valence-corrected chi connectivity index (χ3v) is 2.24. The van der Waals surface area contributed by atoms with E-state index >= 15 is 0 Å². The number of hydrazine groups is 1. The minimum Gasteiger partial charge on any atom is -0.314 e. The van der Waals surface area contributed by atoms with Gasteiger partial charge in [-0.2, -0.15) is 0 Å². The molecule has 7 heteroatoms. The number of benzene rings is 1. The lowest BCUT2D eigenvalue weighted by Crippen LogP contribution is -2.31. The summed E-state index contributed by atoms with van der Waals surface area (Å²) in [5, 5.41) is 1.30. The van der Waals surface area contributed by atoms with Crippen molar-refractivity contribution in [3.63, 3.8) is 0 Å². The zero-order valence-electron chi connectivity index (χ0n) is 9.25. The van der Waals surface area contributed by atoms with E-state index in [1.165, 1.54) is 5.01 Å². The molecule has 0 saturated heterocycles. The van der Waals surface area contributed by atoms with Crippen molar-refractivity contribution in [2.24, 2.45) is 0 Å². The maximum atomic E-state index is 13.2. The van der Waals surface area contributed by atoms with Crippen LogP contribution in [-0.4, -0.2) is 18.1 Å². The first-order valence-electron chi connectivity index (χ1n) is 4.97. The van der Waals surface area contributed by atoms with E-state index in [1.54, 1.807) is 13.8 Å². The minimum absolute atomic E-state index is 0.343. The third-order valence-electron chi connectivity index (χ3n) is 2.24. The van der Waals surface area contributed by atoms with Gasteiger partial charge in [-0.3, -0.25) is 0 Å². The largest absolute Gasteiger partial charge is 0.314 e. The number of hydrogen-bond donors (Lipinski definition) is 1. The molecule has 0 bridgehead atoms. The highest BCUT2D eigenvalue weighted by Gasteiger charge is 2.26. The van der Waals surface area contributed by atoms with Gasteiger partial charge in [-0.25, -0.2) is 27.0 Å². The molecular weight excluding hydrogens is 243 g/mol. The van der Waals surface area contributed by atoms with Crippen molar-refractivity contribution in [3.8, 4) is 0 Å². The van der Waals surface area contributed by atoms with Crippen LogP contribution in [0.25, 0.3) is 0 Å². The highest BCUT2D eigenvalue weighted by atomic mass is 19.2. The summed E-state index contributed by atoms with van der Waals surface area (Å²) in [4.78, 5) is 0. The lowest BCUT2D eigenvalue weighted by atomic mass is 10.2. The van der Waals surface area contributed by atoms with Crippen molar-refractivity contribution in [2.45, 2.75) is 13.8 Å². The van der Waals surface area contributed by atoms with E-state index in [4.69, 9.17) is 0 Å². The van der Waals surface area contributed by atoms with Gasteiger partial charge in [0.15, 0.2) is 23.3 Å². The normalized spacial score (nSPS) is 11.1. The average molecular weight is 254 g/mol. The molecule has 1 aromatic carbocycles. The summed E-state index contributed by atoms with van der Waals surface area (Å²) in [6.07, 6.45) is 0. The molecule has 1 aromatic rings. The van der Waals surface area contributed by atoms with Gasteiger partial charge in [0.05, 0.1) is 0 Å². The van der Waals surface area contributed by atoms with Gasteiger partial charge in [0, 0.05) is 13.1 Å². The molecule has 0 aliphatic carbocycles. The van der Waals surface area contributed by atoms with Gasteiger partial charge < -0.3 is 5.43 Å². The number of halogens is 5. The number of nitrogens with zero attached hydrogens (tertiary/aromatic N) is 1. The van der Waals surface area contributed by atoms with Crippen molar-refractivity contribution in [1.29, 1.82) is 0 Å². The van der Waals surface area contributed by atoms with E-state index in [0.717, 1.165) is 0 Å². The second-order valence-electron chi connectivity index (χ2n) is 3.23. The molecule has 0 aromatic heterocycles. The van der Waals surface area contributed by atoms with Gasteiger partial charge in [-0.15, -0.1) is 0 Å². The Kier molecular flexibility index (Phi) is 4.28. The van der Waals surface area contributed by atoms with E-state index in [-0.39, 0.29) is 0 Å². The molecule has 0 radical (unpaired) electrons. The second kappa shape index (κ2) is 5.31. The molecule has 0 saturated carbocycles. The molecule has 2 nitrogen and oxygen atoms in total. The number of anilines is 1. The Morgan fingerprint density at radius 3 is 1.47 bits per heavy atom. The van der Waals surface area contributed by atoms with Crippen molar-refractivity contribution >= 4 is 5.69 Å². The van der Waals surface area contributed by atoms with Gasteiger partial charge >= 0.3 is 0 Å². The van der Waals surface area contributed by atoms with E-state index in [1.807, 2.05) is 0 Å². The van der Waals surface area contributed by atoms with Gasteiger partial charge in [-0.05, 0) is 0 Å². The first-order chi connectivity index (χ1) is 7.93. The zero-order valence-corrected chi connectivity index (χ0v) is 9.25. The van der Waals surface area contributed by atoms with Gasteiger partial charge in [-0.1, -0.05) is 13.8 Å². The van der Waals surface area contributed by atoms with Crippen LogP contribution in [0, 0.1) is 29.1 Å². The quantitative estimate of drug-likeness (QED) is 0.384.